The predicted molar refractivity (Wildman–Crippen MR) is 105 cm³/mol. The first-order valence-corrected chi connectivity index (χ1v) is 8.57. The van der Waals surface area contributed by atoms with Gasteiger partial charge in [0, 0.05) is 24.4 Å². The van der Waals surface area contributed by atoms with Gasteiger partial charge >= 0.3 is 0 Å². The molecule has 0 spiro atoms. The van der Waals surface area contributed by atoms with Crippen LogP contribution in [-0.2, 0) is 0 Å². The molecule has 1 aromatic heterocycles. The Hall–Kier alpha value is -3.91. The normalized spacial score (nSPS) is 10.7. The summed E-state index contributed by atoms with van der Waals surface area (Å²) in [4.78, 5) is 28.0. The zero-order chi connectivity index (χ0) is 20.8. The summed E-state index contributed by atoms with van der Waals surface area (Å²) in [6.07, 6.45) is 2.70. The first-order valence-electron chi connectivity index (χ1n) is 8.57. The Morgan fingerprint density at radius 2 is 1.86 bits per heavy atom. The van der Waals surface area contributed by atoms with E-state index in [1.165, 1.54) is 30.9 Å². The van der Waals surface area contributed by atoms with Crippen LogP contribution < -0.4 is 5.48 Å². The number of nitrogens with one attached hydrogen (secondary N) is 1. The number of halogens is 1. The van der Waals surface area contributed by atoms with Gasteiger partial charge < -0.3 is 0 Å². The molecule has 0 saturated carbocycles. The summed E-state index contributed by atoms with van der Waals surface area (Å²) < 4.78 is 14.1. The molecular formula is C21H17FN4O3. The molecule has 146 valence electrons. The van der Waals surface area contributed by atoms with E-state index in [1.54, 1.807) is 12.1 Å². The number of carbonyl (C=O) groups is 2. The molecule has 2 N–H and O–H groups in total. The Labute approximate surface area is 166 Å². The van der Waals surface area contributed by atoms with E-state index in [0.29, 0.717) is 0 Å². The highest BCUT2D eigenvalue weighted by molar-refractivity contribution is 5.95. The molecule has 0 unspecified atom stereocenters. The Morgan fingerprint density at radius 1 is 1.10 bits per heavy atom. The van der Waals surface area contributed by atoms with Crippen LogP contribution >= 0.6 is 0 Å². The van der Waals surface area contributed by atoms with Gasteiger partial charge in [-0.3, -0.25) is 19.8 Å². The summed E-state index contributed by atoms with van der Waals surface area (Å²) in [6, 6.07) is 16.6. The van der Waals surface area contributed by atoms with Crippen molar-refractivity contribution in [1.29, 1.82) is 0 Å². The van der Waals surface area contributed by atoms with E-state index in [4.69, 9.17) is 5.21 Å². The number of hydrazone groups is 1. The maximum atomic E-state index is 14.1. The molecule has 8 heteroatoms. The Bertz CT molecular complexity index is 1070. The van der Waals surface area contributed by atoms with E-state index in [-0.39, 0.29) is 16.8 Å². The highest BCUT2D eigenvalue weighted by atomic mass is 19.1. The van der Waals surface area contributed by atoms with Gasteiger partial charge in [-0.2, -0.15) is 5.10 Å². The molecule has 0 saturated heterocycles. The monoisotopic (exact) mass is 392 g/mol. The highest BCUT2D eigenvalue weighted by Gasteiger charge is 2.14. The van der Waals surface area contributed by atoms with Crippen LogP contribution in [0.25, 0.3) is 11.1 Å². The lowest BCUT2D eigenvalue weighted by Crippen LogP contribution is -2.22. The smallest absolute Gasteiger partial charge is 0.288 e. The molecule has 7 nitrogen and oxygen atoms in total. The van der Waals surface area contributed by atoms with E-state index in [2.05, 4.69) is 10.1 Å². The van der Waals surface area contributed by atoms with Crippen LogP contribution in [0.1, 0.15) is 26.4 Å². The van der Waals surface area contributed by atoms with Gasteiger partial charge in [0.1, 0.15) is 11.5 Å². The third kappa shape index (κ3) is 4.69. The van der Waals surface area contributed by atoms with Crippen molar-refractivity contribution < 1.29 is 19.2 Å². The van der Waals surface area contributed by atoms with Crippen molar-refractivity contribution >= 4 is 18.0 Å². The molecule has 3 rings (SSSR count). The van der Waals surface area contributed by atoms with E-state index in [9.17, 15) is 14.0 Å². The van der Waals surface area contributed by atoms with Crippen molar-refractivity contribution in [3.05, 3.63) is 89.5 Å². The fourth-order valence-electron chi connectivity index (χ4n) is 2.56. The summed E-state index contributed by atoms with van der Waals surface area (Å²) in [6.45, 7) is 0. The number of carbonyl (C=O) groups excluding carboxylic acids is 2. The molecular weight excluding hydrogens is 375 g/mol. The predicted octanol–water partition coefficient (Wildman–Crippen LogP) is 3.11. The van der Waals surface area contributed by atoms with Crippen molar-refractivity contribution in [2.24, 2.45) is 5.10 Å². The molecule has 2 aromatic carbocycles. The van der Waals surface area contributed by atoms with Crippen molar-refractivity contribution in [3.8, 4) is 11.1 Å². The molecule has 0 radical (unpaired) electrons. The number of hydroxylamine groups is 1. The minimum Gasteiger partial charge on any atom is -0.288 e. The zero-order valence-corrected chi connectivity index (χ0v) is 15.4. The summed E-state index contributed by atoms with van der Waals surface area (Å²) in [5, 5.41) is 13.6. The molecule has 0 aliphatic carbocycles. The average Bonchev–Trinajstić information content (AvgIpc) is 2.77. The van der Waals surface area contributed by atoms with Crippen LogP contribution in [0, 0.1) is 5.82 Å². The van der Waals surface area contributed by atoms with Crippen molar-refractivity contribution in [3.63, 3.8) is 0 Å². The number of amides is 2. The van der Waals surface area contributed by atoms with E-state index < -0.39 is 17.6 Å². The molecule has 0 aliphatic heterocycles. The molecule has 0 aliphatic rings. The average molecular weight is 392 g/mol. The Kier molecular flexibility index (Phi) is 6.06. The maximum Gasteiger partial charge on any atom is 0.292 e. The molecule has 0 bridgehead atoms. The minimum atomic E-state index is -0.830. The maximum absolute atomic E-state index is 14.1. The first kappa shape index (κ1) is 19.8. The van der Waals surface area contributed by atoms with Crippen molar-refractivity contribution in [2.75, 3.05) is 7.05 Å². The summed E-state index contributed by atoms with van der Waals surface area (Å²) in [7, 11) is 1.43. The second-order valence-electron chi connectivity index (χ2n) is 6.05. The van der Waals surface area contributed by atoms with Gasteiger partial charge in [-0.15, -0.1) is 0 Å². The van der Waals surface area contributed by atoms with Crippen LogP contribution in [0.2, 0.25) is 0 Å². The van der Waals surface area contributed by atoms with Crippen LogP contribution in [0.3, 0.4) is 0 Å². The highest BCUT2D eigenvalue weighted by Crippen LogP contribution is 2.19. The number of nitrogens with zero attached hydrogens (tertiary/aromatic N) is 3. The first-order chi connectivity index (χ1) is 14.0. The zero-order valence-electron chi connectivity index (χ0n) is 15.4. The lowest BCUT2D eigenvalue weighted by atomic mass is 10.1. The van der Waals surface area contributed by atoms with Crippen LogP contribution in [0.4, 0.5) is 4.39 Å². The van der Waals surface area contributed by atoms with Gasteiger partial charge in [-0.1, -0.05) is 30.3 Å². The minimum absolute atomic E-state index is 0.0477. The van der Waals surface area contributed by atoms with Gasteiger partial charge in [-0.05, 0) is 41.5 Å². The third-order valence-electron chi connectivity index (χ3n) is 4.11. The second kappa shape index (κ2) is 8.85. The third-order valence-corrected chi connectivity index (χ3v) is 4.11. The number of hydrogen-bond donors (Lipinski definition) is 2. The Balaban J connectivity index is 1.77. The number of aromatic nitrogens is 1. The molecule has 0 fully saturated rings. The lowest BCUT2D eigenvalue weighted by Gasteiger charge is -2.11. The number of benzene rings is 2. The molecule has 0 atom stereocenters. The van der Waals surface area contributed by atoms with Crippen LogP contribution in [0.15, 0.2) is 72.0 Å². The quantitative estimate of drug-likeness (QED) is 0.396. The fraction of sp³-hybridized carbons (Fsp3) is 0.0476. The van der Waals surface area contributed by atoms with Crippen molar-refractivity contribution in [2.45, 2.75) is 0 Å². The molecule has 29 heavy (non-hydrogen) atoms. The molecule has 2 amide bonds. The van der Waals surface area contributed by atoms with E-state index >= 15 is 0 Å². The van der Waals surface area contributed by atoms with Gasteiger partial charge in [0.25, 0.3) is 11.8 Å². The van der Waals surface area contributed by atoms with Crippen molar-refractivity contribution in [1.82, 2.24) is 15.5 Å². The van der Waals surface area contributed by atoms with E-state index in [1.807, 2.05) is 30.3 Å². The van der Waals surface area contributed by atoms with E-state index in [0.717, 1.165) is 28.4 Å². The number of rotatable bonds is 5. The standard InChI is InChI=1S/C21H17FN4O3/c1-26(24-13-17-8-7-16(11-18(17)22)20(27)25-29)21(28)19-12-15(9-10-23-19)14-5-3-2-4-6-14/h2-13,29H,1H3,(H,25,27)/b24-13+. The number of pyridine rings is 1. The van der Waals surface area contributed by atoms with Gasteiger partial charge in [0.2, 0.25) is 0 Å². The summed E-state index contributed by atoms with van der Waals surface area (Å²) >= 11 is 0. The summed E-state index contributed by atoms with van der Waals surface area (Å²) in [5.41, 5.74) is 3.44. The van der Waals surface area contributed by atoms with Crippen LogP contribution in [0.5, 0.6) is 0 Å². The van der Waals surface area contributed by atoms with Gasteiger partial charge in [0.05, 0.1) is 6.21 Å². The SMILES string of the molecule is CN(/N=C/c1ccc(C(=O)NO)cc1F)C(=O)c1cc(-c2ccccc2)ccn1. The topological polar surface area (TPSA) is 94.9 Å². The summed E-state index contributed by atoms with van der Waals surface area (Å²) in [5.74, 6) is -2.01. The Morgan fingerprint density at radius 3 is 2.55 bits per heavy atom. The lowest BCUT2D eigenvalue weighted by molar-refractivity contribution is 0.0705. The number of hydrogen-bond acceptors (Lipinski definition) is 5. The second-order valence-corrected chi connectivity index (χ2v) is 6.05. The van der Waals surface area contributed by atoms with Gasteiger partial charge in [0.15, 0.2) is 0 Å². The largest absolute Gasteiger partial charge is 0.292 e. The van der Waals surface area contributed by atoms with Gasteiger partial charge in [-0.25, -0.2) is 14.9 Å². The van der Waals surface area contributed by atoms with Crippen LogP contribution in [-0.4, -0.2) is 40.3 Å². The molecule has 3 aromatic rings. The fourth-order valence-corrected chi connectivity index (χ4v) is 2.56. The molecule has 1 heterocycles.